The first-order valence-electron chi connectivity index (χ1n) is 9.31. The zero-order valence-electron chi connectivity index (χ0n) is 15.8. The molecule has 1 aromatic heterocycles. The van der Waals surface area contributed by atoms with Crippen LogP contribution in [0.1, 0.15) is 12.8 Å². The predicted molar refractivity (Wildman–Crippen MR) is 108 cm³/mol. The Morgan fingerprint density at radius 3 is 2.68 bits per heavy atom. The number of amides is 2. The number of carbonyl (C=O) groups is 2. The maximum Gasteiger partial charge on any atom is 0.274 e. The van der Waals surface area contributed by atoms with Gasteiger partial charge in [-0.25, -0.2) is 4.98 Å². The summed E-state index contributed by atoms with van der Waals surface area (Å²) in [7, 11) is 1.72. The van der Waals surface area contributed by atoms with E-state index in [-0.39, 0.29) is 18.4 Å². The topological polar surface area (TPSA) is 65.5 Å². The number of rotatable bonds is 4. The molecule has 1 N–H and O–H groups in total. The van der Waals surface area contributed by atoms with Crippen LogP contribution in [0.2, 0.25) is 0 Å². The molecule has 6 nitrogen and oxygen atoms in total. The van der Waals surface area contributed by atoms with Crippen LogP contribution in [-0.2, 0) is 9.59 Å². The standard InChI is InChI=1S/C22H22N4O2/c1-15-18-9-6-12-26(21(18)22(28)25(15)2)14-20(27)24-19-11-10-17(13-23-19)16-7-4-3-5-8-16/h3-5,7-8,10-11,13H,1,6,9,12,14H2,2H3,(H,23,24,27). The van der Waals surface area contributed by atoms with Gasteiger partial charge in [-0.2, -0.15) is 0 Å². The number of nitrogens with one attached hydrogen (secondary N) is 1. The minimum atomic E-state index is -0.193. The summed E-state index contributed by atoms with van der Waals surface area (Å²) in [5.74, 6) is 0.217. The van der Waals surface area contributed by atoms with Gasteiger partial charge in [-0.1, -0.05) is 36.9 Å². The molecular weight excluding hydrogens is 352 g/mol. The molecule has 0 fully saturated rings. The minimum absolute atomic E-state index is 0.0853. The van der Waals surface area contributed by atoms with Crippen molar-refractivity contribution in [3.05, 3.63) is 72.2 Å². The van der Waals surface area contributed by atoms with Crippen molar-refractivity contribution in [3.8, 4) is 11.1 Å². The summed E-state index contributed by atoms with van der Waals surface area (Å²) in [5, 5.41) is 2.82. The lowest BCUT2D eigenvalue weighted by Gasteiger charge is -2.28. The predicted octanol–water partition coefficient (Wildman–Crippen LogP) is 3.02. The number of likely N-dealkylation sites (N-methyl/N-ethyl adjacent to an activating group) is 1. The van der Waals surface area contributed by atoms with Gasteiger partial charge in [0, 0.05) is 36.6 Å². The molecule has 0 bridgehead atoms. The summed E-state index contributed by atoms with van der Waals surface area (Å²) in [6.07, 6.45) is 3.47. The molecule has 0 atom stereocenters. The van der Waals surface area contributed by atoms with E-state index in [1.165, 1.54) is 0 Å². The summed E-state index contributed by atoms with van der Waals surface area (Å²) in [4.78, 5) is 32.8. The van der Waals surface area contributed by atoms with E-state index in [1.807, 2.05) is 41.3 Å². The third-order valence-corrected chi connectivity index (χ3v) is 5.19. The smallest absolute Gasteiger partial charge is 0.274 e. The first-order valence-corrected chi connectivity index (χ1v) is 9.31. The first kappa shape index (κ1) is 18.0. The second kappa shape index (κ2) is 7.31. The largest absolute Gasteiger partial charge is 0.357 e. The van der Waals surface area contributed by atoms with Crippen LogP contribution < -0.4 is 5.32 Å². The van der Waals surface area contributed by atoms with Crippen LogP contribution in [0.4, 0.5) is 5.82 Å². The van der Waals surface area contributed by atoms with Crippen LogP contribution in [0.25, 0.3) is 11.1 Å². The van der Waals surface area contributed by atoms with Gasteiger partial charge in [0.05, 0.1) is 6.54 Å². The molecule has 6 heteroatoms. The van der Waals surface area contributed by atoms with Crippen LogP contribution >= 0.6 is 0 Å². The molecule has 0 radical (unpaired) electrons. The summed E-state index contributed by atoms with van der Waals surface area (Å²) in [6.45, 7) is 4.79. The first-order chi connectivity index (χ1) is 13.5. The molecule has 28 heavy (non-hydrogen) atoms. The van der Waals surface area contributed by atoms with Gasteiger partial charge in [0.15, 0.2) is 0 Å². The average Bonchev–Trinajstić information content (AvgIpc) is 2.94. The minimum Gasteiger partial charge on any atom is -0.357 e. The molecule has 2 amide bonds. The highest BCUT2D eigenvalue weighted by Crippen LogP contribution is 2.35. The SMILES string of the molecule is C=C1C2=C(C(=O)N1C)N(CC(=O)Nc1ccc(-c3ccccc3)cn1)CCC2. The van der Waals surface area contributed by atoms with Crippen molar-refractivity contribution in [2.75, 3.05) is 25.5 Å². The summed E-state index contributed by atoms with van der Waals surface area (Å²) < 4.78 is 0. The molecule has 0 saturated heterocycles. The number of benzene rings is 1. The van der Waals surface area contributed by atoms with E-state index < -0.39 is 0 Å². The average molecular weight is 374 g/mol. The van der Waals surface area contributed by atoms with Crippen molar-refractivity contribution in [1.82, 2.24) is 14.8 Å². The van der Waals surface area contributed by atoms with Gasteiger partial charge >= 0.3 is 0 Å². The number of carbonyl (C=O) groups excluding carboxylic acids is 2. The highest BCUT2D eigenvalue weighted by atomic mass is 16.2. The number of aromatic nitrogens is 1. The molecule has 3 heterocycles. The lowest BCUT2D eigenvalue weighted by atomic mass is 10.0. The fourth-order valence-electron chi connectivity index (χ4n) is 3.68. The fourth-order valence-corrected chi connectivity index (χ4v) is 3.68. The summed E-state index contributed by atoms with van der Waals surface area (Å²) in [6, 6.07) is 13.7. The molecule has 1 aromatic carbocycles. The van der Waals surface area contributed by atoms with Crippen LogP contribution in [0.3, 0.4) is 0 Å². The van der Waals surface area contributed by atoms with E-state index in [0.717, 1.165) is 35.2 Å². The van der Waals surface area contributed by atoms with Gasteiger partial charge in [0.25, 0.3) is 5.91 Å². The molecule has 0 aliphatic carbocycles. The van der Waals surface area contributed by atoms with Gasteiger partial charge in [-0.05, 0) is 30.5 Å². The Morgan fingerprint density at radius 1 is 1.18 bits per heavy atom. The third-order valence-electron chi connectivity index (χ3n) is 5.19. The molecular formula is C22H22N4O2. The molecule has 142 valence electrons. The molecule has 0 saturated carbocycles. The highest BCUT2D eigenvalue weighted by Gasteiger charge is 2.37. The Bertz CT molecular complexity index is 964. The van der Waals surface area contributed by atoms with E-state index in [1.54, 1.807) is 24.2 Å². The van der Waals surface area contributed by atoms with E-state index in [0.29, 0.717) is 18.1 Å². The Labute approximate surface area is 164 Å². The van der Waals surface area contributed by atoms with Crippen molar-refractivity contribution in [2.24, 2.45) is 0 Å². The van der Waals surface area contributed by atoms with E-state index in [4.69, 9.17) is 0 Å². The van der Waals surface area contributed by atoms with Gasteiger partial charge in [-0.3, -0.25) is 9.59 Å². The third kappa shape index (κ3) is 3.29. The zero-order valence-corrected chi connectivity index (χ0v) is 15.8. The maximum absolute atomic E-state index is 12.5. The Kier molecular flexibility index (Phi) is 4.69. The molecule has 2 aliphatic rings. The van der Waals surface area contributed by atoms with Gasteiger partial charge in [0.2, 0.25) is 5.91 Å². The molecule has 0 unspecified atom stereocenters. The zero-order chi connectivity index (χ0) is 19.7. The van der Waals surface area contributed by atoms with Crippen LogP contribution in [0.5, 0.6) is 0 Å². The van der Waals surface area contributed by atoms with Crippen molar-refractivity contribution >= 4 is 17.6 Å². The van der Waals surface area contributed by atoms with Gasteiger partial charge in [0.1, 0.15) is 11.5 Å². The van der Waals surface area contributed by atoms with Crippen LogP contribution in [0.15, 0.2) is 72.2 Å². The van der Waals surface area contributed by atoms with Gasteiger partial charge < -0.3 is 15.1 Å². The molecule has 0 spiro atoms. The van der Waals surface area contributed by atoms with E-state index >= 15 is 0 Å². The number of pyridine rings is 1. The van der Waals surface area contributed by atoms with Crippen molar-refractivity contribution < 1.29 is 9.59 Å². The van der Waals surface area contributed by atoms with E-state index in [9.17, 15) is 9.59 Å². The quantitative estimate of drug-likeness (QED) is 0.893. The Morgan fingerprint density at radius 2 is 1.96 bits per heavy atom. The Balaban J connectivity index is 1.43. The number of anilines is 1. The second-order valence-corrected chi connectivity index (χ2v) is 7.01. The molecule has 4 rings (SSSR count). The van der Waals surface area contributed by atoms with Crippen LogP contribution in [-0.4, -0.2) is 46.7 Å². The fraction of sp³-hybridized carbons (Fsp3) is 0.227. The van der Waals surface area contributed by atoms with Crippen molar-refractivity contribution in [1.29, 1.82) is 0 Å². The maximum atomic E-state index is 12.5. The molecule has 2 aromatic rings. The van der Waals surface area contributed by atoms with E-state index in [2.05, 4.69) is 16.9 Å². The summed E-state index contributed by atoms with van der Waals surface area (Å²) >= 11 is 0. The number of hydrogen-bond acceptors (Lipinski definition) is 4. The Hall–Kier alpha value is -3.41. The van der Waals surface area contributed by atoms with Crippen molar-refractivity contribution in [2.45, 2.75) is 12.8 Å². The molecule has 2 aliphatic heterocycles. The summed E-state index contributed by atoms with van der Waals surface area (Å²) in [5.41, 5.74) is 4.37. The normalized spacial score (nSPS) is 16.5. The lowest BCUT2D eigenvalue weighted by molar-refractivity contribution is -0.125. The number of allylic oxidation sites excluding steroid dienone is 1. The number of hydrogen-bond donors (Lipinski definition) is 1. The highest BCUT2D eigenvalue weighted by molar-refractivity contribution is 6.01. The number of nitrogens with zero attached hydrogens (tertiary/aromatic N) is 3. The monoisotopic (exact) mass is 374 g/mol. The lowest BCUT2D eigenvalue weighted by Crippen LogP contribution is -2.38. The second-order valence-electron chi connectivity index (χ2n) is 7.01. The van der Waals surface area contributed by atoms with Crippen LogP contribution in [0, 0.1) is 0 Å². The van der Waals surface area contributed by atoms with Crippen molar-refractivity contribution in [3.63, 3.8) is 0 Å². The van der Waals surface area contributed by atoms with Gasteiger partial charge in [-0.15, -0.1) is 0 Å².